The molecule has 0 N–H and O–H groups in total. The molecule has 5 heteroatoms. The monoisotopic (exact) mass is 267 g/mol. The molecule has 1 aromatic heterocycles. The van der Waals surface area contributed by atoms with Gasteiger partial charge in [0.1, 0.15) is 5.01 Å². The van der Waals surface area contributed by atoms with Crippen molar-refractivity contribution in [3.05, 3.63) is 34.1 Å². The summed E-state index contributed by atoms with van der Waals surface area (Å²) in [7, 11) is 1.91. The average molecular weight is 268 g/mol. The van der Waals surface area contributed by atoms with Crippen molar-refractivity contribution in [2.75, 3.05) is 0 Å². The molecule has 90 valence electrons. The molecule has 0 aliphatic heterocycles. The number of hydrogen-bond donors (Lipinski definition) is 0. The minimum absolute atomic E-state index is 0.278. The molecule has 0 aliphatic carbocycles. The maximum Gasteiger partial charge on any atom is 0.203 e. The van der Waals surface area contributed by atoms with Gasteiger partial charge in [0.25, 0.3) is 0 Å². The summed E-state index contributed by atoms with van der Waals surface area (Å²) >= 11 is 7.45. The van der Waals surface area contributed by atoms with Crippen LogP contribution in [0.4, 0.5) is 0 Å². The van der Waals surface area contributed by atoms with Crippen molar-refractivity contribution in [3.63, 3.8) is 0 Å². The summed E-state index contributed by atoms with van der Waals surface area (Å²) in [5.41, 5.74) is 1.07. The van der Waals surface area contributed by atoms with Crippen LogP contribution in [0.5, 0.6) is 0 Å². The highest BCUT2D eigenvalue weighted by Crippen LogP contribution is 2.21. The van der Waals surface area contributed by atoms with Gasteiger partial charge in [0.15, 0.2) is 0 Å². The van der Waals surface area contributed by atoms with Crippen molar-refractivity contribution in [1.82, 2.24) is 9.78 Å². The van der Waals surface area contributed by atoms with Crippen molar-refractivity contribution in [2.24, 2.45) is 12.0 Å². The maximum absolute atomic E-state index is 5.86. The Morgan fingerprint density at radius 3 is 2.53 bits per heavy atom. The first-order valence-corrected chi connectivity index (χ1v) is 6.59. The summed E-state index contributed by atoms with van der Waals surface area (Å²) in [5.74, 6) is 0. The van der Waals surface area contributed by atoms with E-state index in [1.807, 2.05) is 36.0 Å². The van der Waals surface area contributed by atoms with Crippen LogP contribution < -0.4 is 4.80 Å². The van der Waals surface area contributed by atoms with Gasteiger partial charge in [0.05, 0.1) is 0 Å². The lowest BCUT2D eigenvalue weighted by atomic mass is 10.2. The van der Waals surface area contributed by atoms with Crippen LogP contribution in [-0.4, -0.2) is 15.8 Å². The van der Waals surface area contributed by atoms with Gasteiger partial charge in [-0.3, -0.25) is 4.99 Å². The molecule has 3 nitrogen and oxygen atoms in total. The number of benzene rings is 1. The SMILES string of the molecule is CC(C)N=c1sc(-c2ccc(Cl)cc2)nn1C. The number of hydrogen-bond acceptors (Lipinski definition) is 3. The zero-order valence-corrected chi connectivity index (χ0v) is 11.6. The lowest BCUT2D eigenvalue weighted by Gasteiger charge is -1.94. The van der Waals surface area contributed by atoms with Gasteiger partial charge in [0, 0.05) is 23.7 Å². The number of aromatic nitrogens is 2. The van der Waals surface area contributed by atoms with E-state index in [0.29, 0.717) is 0 Å². The highest BCUT2D eigenvalue weighted by Gasteiger charge is 2.05. The fourth-order valence-corrected chi connectivity index (χ4v) is 2.54. The molecule has 0 bridgehead atoms. The van der Waals surface area contributed by atoms with Crippen LogP contribution in [0.3, 0.4) is 0 Å². The molecule has 2 aromatic rings. The predicted octanol–water partition coefficient (Wildman–Crippen LogP) is 3.11. The van der Waals surface area contributed by atoms with Gasteiger partial charge >= 0.3 is 0 Å². The maximum atomic E-state index is 5.86. The predicted molar refractivity (Wildman–Crippen MR) is 72.2 cm³/mol. The molecule has 0 saturated carbocycles. The van der Waals surface area contributed by atoms with E-state index in [0.717, 1.165) is 20.4 Å². The third kappa shape index (κ3) is 2.96. The lowest BCUT2D eigenvalue weighted by Crippen LogP contribution is -2.14. The van der Waals surface area contributed by atoms with Gasteiger partial charge < -0.3 is 0 Å². The number of rotatable bonds is 2. The van der Waals surface area contributed by atoms with Crippen LogP contribution in [0, 0.1) is 0 Å². The Labute approximate surface area is 109 Å². The topological polar surface area (TPSA) is 30.2 Å². The van der Waals surface area contributed by atoms with Gasteiger partial charge in [-0.15, -0.1) is 0 Å². The summed E-state index contributed by atoms with van der Waals surface area (Å²) in [5, 5.41) is 6.16. The Bertz CT molecular complexity index is 566. The molecule has 0 unspecified atom stereocenters. The van der Waals surface area contributed by atoms with Crippen LogP contribution in [0.2, 0.25) is 5.02 Å². The molecule has 0 atom stereocenters. The van der Waals surface area contributed by atoms with E-state index in [9.17, 15) is 0 Å². The molecule has 1 aromatic carbocycles. The molecule has 0 spiro atoms. The van der Waals surface area contributed by atoms with Crippen molar-refractivity contribution < 1.29 is 0 Å². The lowest BCUT2D eigenvalue weighted by molar-refractivity contribution is 0.693. The minimum atomic E-state index is 0.278. The first-order valence-electron chi connectivity index (χ1n) is 5.40. The van der Waals surface area contributed by atoms with Crippen LogP contribution in [0.25, 0.3) is 10.6 Å². The average Bonchev–Trinajstić information content (AvgIpc) is 2.60. The second-order valence-corrected chi connectivity index (χ2v) is 5.44. The van der Waals surface area contributed by atoms with Gasteiger partial charge in [-0.05, 0) is 26.0 Å². The highest BCUT2D eigenvalue weighted by atomic mass is 35.5. The van der Waals surface area contributed by atoms with Crippen molar-refractivity contribution >= 4 is 22.9 Å². The fourth-order valence-electron chi connectivity index (χ4n) is 1.39. The highest BCUT2D eigenvalue weighted by molar-refractivity contribution is 7.12. The normalized spacial score (nSPS) is 12.4. The summed E-state index contributed by atoms with van der Waals surface area (Å²) in [6, 6.07) is 7.97. The van der Waals surface area contributed by atoms with E-state index in [4.69, 9.17) is 11.6 Å². The van der Waals surface area contributed by atoms with E-state index >= 15 is 0 Å². The Kier molecular flexibility index (Phi) is 3.64. The van der Waals surface area contributed by atoms with Crippen LogP contribution in [0.1, 0.15) is 13.8 Å². The van der Waals surface area contributed by atoms with E-state index < -0.39 is 0 Å². The molecule has 0 aliphatic rings. The van der Waals surface area contributed by atoms with E-state index in [-0.39, 0.29) is 6.04 Å². The Hall–Kier alpha value is -1.13. The number of nitrogens with zero attached hydrogens (tertiary/aromatic N) is 3. The Morgan fingerprint density at radius 2 is 1.94 bits per heavy atom. The third-order valence-corrected chi connectivity index (χ3v) is 3.48. The van der Waals surface area contributed by atoms with Crippen LogP contribution in [-0.2, 0) is 7.05 Å². The van der Waals surface area contributed by atoms with Crippen molar-refractivity contribution in [2.45, 2.75) is 19.9 Å². The third-order valence-electron chi connectivity index (χ3n) is 2.17. The molecular weight excluding hydrogens is 254 g/mol. The number of halogens is 1. The summed E-state index contributed by atoms with van der Waals surface area (Å²) in [6.07, 6.45) is 0. The zero-order valence-electron chi connectivity index (χ0n) is 10.0. The number of aryl methyl sites for hydroxylation is 1. The molecule has 2 rings (SSSR count). The standard InChI is InChI=1S/C12H14ClN3S/c1-8(2)14-12-16(3)15-11(17-12)9-4-6-10(13)7-5-9/h4-8H,1-3H3. The first-order chi connectivity index (χ1) is 8.06. The first kappa shape index (κ1) is 12.3. The van der Waals surface area contributed by atoms with Gasteiger partial charge in [-0.25, -0.2) is 4.68 Å². The second kappa shape index (κ2) is 5.02. The zero-order chi connectivity index (χ0) is 12.4. The Balaban J connectivity index is 2.44. The molecule has 0 saturated heterocycles. The quantitative estimate of drug-likeness (QED) is 0.822. The second-order valence-electron chi connectivity index (χ2n) is 4.04. The van der Waals surface area contributed by atoms with E-state index in [1.54, 1.807) is 11.3 Å². The molecule has 0 amide bonds. The van der Waals surface area contributed by atoms with E-state index in [2.05, 4.69) is 23.9 Å². The molecule has 1 heterocycles. The van der Waals surface area contributed by atoms with Gasteiger partial charge in [-0.2, -0.15) is 5.10 Å². The minimum Gasteiger partial charge on any atom is -0.255 e. The molecular formula is C12H14ClN3S. The smallest absolute Gasteiger partial charge is 0.203 e. The summed E-state index contributed by atoms with van der Waals surface area (Å²) < 4.78 is 1.81. The molecule has 0 radical (unpaired) electrons. The van der Waals surface area contributed by atoms with Gasteiger partial charge in [-0.1, -0.05) is 35.1 Å². The molecule has 0 fully saturated rings. The summed E-state index contributed by atoms with van der Waals surface area (Å²) in [4.78, 5) is 5.45. The fraction of sp³-hybridized carbons (Fsp3) is 0.333. The summed E-state index contributed by atoms with van der Waals surface area (Å²) in [6.45, 7) is 4.11. The largest absolute Gasteiger partial charge is 0.255 e. The van der Waals surface area contributed by atoms with Crippen LogP contribution in [0.15, 0.2) is 29.3 Å². The Morgan fingerprint density at radius 1 is 1.29 bits per heavy atom. The van der Waals surface area contributed by atoms with Crippen LogP contribution >= 0.6 is 22.9 Å². The molecule has 17 heavy (non-hydrogen) atoms. The van der Waals surface area contributed by atoms with Crippen molar-refractivity contribution in [3.8, 4) is 10.6 Å². The van der Waals surface area contributed by atoms with Crippen molar-refractivity contribution in [1.29, 1.82) is 0 Å². The van der Waals surface area contributed by atoms with Gasteiger partial charge in [0.2, 0.25) is 4.80 Å². The van der Waals surface area contributed by atoms with E-state index in [1.165, 1.54) is 0 Å².